The first-order valence-electron chi connectivity index (χ1n) is 9.82. The molecule has 0 aliphatic carbocycles. The average molecular weight is 438 g/mol. The van der Waals surface area contributed by atoms with Crippen LogP contribution in [0.25, 0.3) is 10.6 Å². The lowest BCUT2D eigenvalue weighted by Crippen LogP contribution is -2.51. The van der Waals surface area contributed by atoms with Crippen LogP contribution >= 0.6 is 11.3 Å². The average Bonchev–Trinajstić information content (AvgIpc) is 3.25. The maximum Gasteiger partial charge on any atom is 0.240 e. The van der Waals surface area contributed by atoms with Crippen LogP contribution in [0.5, 0.6) is 11.5 Å². The number of aromatic nitrogens is 1. The standard InChI is InChI=1S/C23H23N3O4S/c1-29-19-8-7-15(10-20(19)30-2)23-25-17(13-31-23)11-21(27)26-12-16-6-4-3-5-14(16)9-18(26)22(24)28/h3-8,10,13,18H,9,11-12H2,1-2H3,(H2,24,28)/t18-/m1/s1. The van der Waals surface area contributed by atoms with Crippen molar-refractivity contribution >= 4 is 23.2 Å². The van der Waals surface area contributed by atoms with Gasteiger partial charge < -0.3 is 20.1 Å². The van der Waals surface area contributed by atoms with E-state index in [-0.39, 0.29) is 12.3 Å². The third-order valence-corrected chi connectivity index (χ3v) is 6.35. The van der Waals surface area contributed by atoms with Crippen LogP contribution in [-0.4, -0.2) is 42.0 Å². The van der Waals surface area contributed by atoms with E-state index in [1.54, 1.807) is 19.1 Å². The number of hydrogen-bond donors (Lipinski definition) is 1. The van der Waals surface area contributed by atoms with E-state index < -0.39 is 11.9 Å². The van der Waals surface area contributed by atoms with Crippen molar-refractivity contribution in [2.24, 2.45) is 5.73 Å². The van der Waals surface area contributed by atoms with Gasteiger partial charge in [0.1, 0.15) is 11.0 Å². The zero-order valence-electron chi connectivity index (χ0n) is 17.3. The Labute approximate surface area is 184 Å². The number of primary amides is 1. The zero-order valence-corrected chi connectivity index (χ0v) is 18.1. The number of nitrogens with zero attached hydrogens (tertiary/aromatic N) is 2. The van der Waals surface area contributed by atoms with E-state index in [4.69, 9.17) is 15.2 Å². The van der Waals surface area contributed by atoms with Crippen molar-refractivity contribution in [1.29, 1.82) is 0 Å². The molecule has 1 atom stereocenters. The van der Waals surface area contributed by atoms with E-state index in [1.165, 1.54) is 11.3 Å². The Bertz CT molecular complexity index is 1130. The minimum absolute atomic E-state index is 0.107. The molecule has 160 valence electrons. The highest BCUT2D eigenvalue weighted by atomic mass is 32.1. The Hall–Kier alpha value is -3.39. The minimum Gasteiger partial charge on any atom is -0.493 e. The molecule has 2 amide bonds. The van der Waals surface area contributed by atoms with Crippen LogP contribution < -0.4 is 15.2 Å². The van der Waals surface area contributed by atoms with Crippen LogP contribution in [-0.2, 0) is 29.0 Å². The number of methoxy groups -OCH3 is 2. The van der Waals surface area contributed by atoms with Crippen molar-refractivity contribution in [3.63, 3.8) is 0 Å². The van der Waals surface area contributed by atoms with Gasteiger partial charge in [0, 0.05) is 23.9 Å². The van der Waals surface area contributed by atoms with Gasteiger partial charge in [0.05, 0.1) is 26.3 Å². The third-order valence-electron chi connectivity index (χ3n) is 5.41. The topological polar surface area (TPSA) is 94.8 Å². The van der Waals surface area contributed by atoms with Gasteiger partial charge in [0.2, 0.25) is 11.8 Å². The van der Waals surface area contributed by atoms with Crippen LogP contribution in [0, 0.1) is 0 Å². The number of thiazole rings is 1. The van der Waals surface area contributed by atoms with Gasteiger partial charge in [-0.25, -0.2) is 4.98 Å². The molecule has 2 aromatic carbocycles. The van der Waals surface area contributed by atoms with Crippen molar-refractivity contribution < 1.29 is 19.1 Å². The number of amides is 2. The second kappa shape index (κ2) is 8.77. The Balaban J connectivity index is 1.53. The molecule has 2 heterocycles. The third kappa shape index (κ3) is 4.25. The molecule has 1 aliphatic rings. The van der Waals surface area contributed by atoms with Crippen LogP contribution in [0.3, 0.4) is 0 Å². The van der Waals surface area contributed by atoms with Gasteiger partial charge in [-0.05, 0) is 29.3 Å². The highest BCUT2D eigenvalue weighted by molar-refractivity contribution is 7.13. The normalized spacial score (nSPS) is 15.3. The Morgan fingerprint density at radius 1 is 1.13 bits per heavy atom. The Kier molecular flexibility index (Phi) is 5.90. The number of nitrogens with two attached hydrogens (primary N) is 1. The highest BCUT2D eigenvalue weighted by Crippen LogP contribution is 2.33. The fraction of sp³-hybridized carbons (Fsp3) is 0.261. The lowest BCUT2D eigenvalue weighted by atomic mass is 9.93. The fourth-order valence-electron chi connectivity index (χ4n) is 3.79. The molecule has 0 radical (unpaired) electrons. The smallest absolute Gasteiger partial charge is 0.240 e. The molecule has 4 rings (SSSR count). The van der Waals surface area contributed by atoms with Crippen molar-refractivity contribution in [2.75, 3.05) is 14.2 Å². The molecule has 0 bridgehead atoms. The van der Waals surface area contributed by atoms with Gasteiger partial charge in [-0.15, -0.1) is 11.3 Å². The summed E-state index contributed by atoms with van der Waals surface area (Å²) in [5.74, 6) is 0.597. The molecular formula is C23H23N3O4S. The van der Waals surface area contributed by atoms with Gasteiger partial charge in [-0.1, -0.05) is 24.3 Å². The predicted molar refractivity (Wildman–Crippen MR) is 118 cm³/mol. The molecule has 31 heavy (non-hydrogen) atoms. The summed E-state index contributed by atoms with van der Waals surface area (Å²) in [6, 6.07) is 12.7. The highest BCUT2D eigenvalue weighted by Gasteiger charge is 2.33. The number of carbonyl (C=O) groups excluding carboxylic acids is 2. The SMILES string of the molecule is COc1ccc(-c2nc(CC(=O)N3Cc4ccccc4C[C@@H]3C(N)=O)cs2)cc1OC. The number of rotatable bonds is 6. The maximum absolute atomic E-state index is 13.1. The van der Waals surface area contributed by atoms with Gasteiger partial charge in [-0.2, -0.15) is 0 Å². The van der Waals surface area contributed by atoms with Crippen molar-refractivity contribution in [3.8, 4) is 22.1 Å². The molecule has 2 N–H and O–H groups in total. The van der Waals surface area contributed by atoms with Crippen LogP contribution in [0.15, 0.2) is 47.8 Å². The second-order valence-electron chi connectivity index (χ2n) is 7.30. The lowest BCUT2D eigenvalue weighted by molar-refractivity contribution is -0.140. The molecule has 3 aromatic rings. The summed E-state index contributed by atoms with van der Waals surface area (Å²) in [6.07, 6.45) is 0.543. The molecule has 8 heteroatoms. The number of hydrogen-bond acceptors (Lipinski definition) is 6. The lowest BCUT2D eigenvalue weighted by Gasteiger charge is -2.35. The van der Waals surface area contributed by atoms with E-state index in [1.807, 2.05) is 47.8 Å². The minimum atomic E-state index is -0.647. The van der Waals surface area contributed by atoms with E-state index >= 15 is 0 Å². The van der Waals surface area contributed by atoms with Gasteiger partial charge in [0.15, 0.2) is 11.5 Å². The predicted octanol–water partition coefficient (Wildman–Crippen LogP) is 2.81. The summed E-state index contributed by atoms with van der Waals surface area (Å²) in [7, 11) is 3.17. The molecule has 1 aliphatic heterocycles. The van der Waals surface area contributed by atoms with Gasteiger partial charge in [-0.3, -0.25) is 9.59 Å². The van der Waals surface area contributed by atoms with Crippen molar-refractivity contribution in [1.82, 2.24) is 9.88 Å². The Morgan fingerprint density at radius 2 is 1.87 bits per heavy atom. The first-order valence-corrected chi connectivity index (χ1v) is 10.7. The summed E-state index contributed by atoms with van der Waals surface area (Å²) in [6.45, 7) is 0.370. The number of benzene rings is 2. The van der Waals surface area contributed by atoms with Crippen LogP contribution in [0.1, 0.15) is 16.8 Å². The zero-order chi connectivity index (χ0) is 22.0. The van der Waals surface area contributed by atoms with Crippen LogP contribution in [0.4, 0.5) is 0 Å². The molecular weight excluding hydrogens is 414 g/mol. The summed E-state index contributed by atoms with van der Waals surface area (Å²) in [4.78, 5) is 31.3. The van der Waals surface area contributed by atoms with Gasteiger partial charge in [0.25, 0.3) is 0 Å². The summed E-state index contributed by atoms with van der Waals surface area (Å²) >= 11 is 1.45. The van der Waals surface area contributed by atoms with E-state index in [0.29, 0.717) is 30.2 Å². The van der Waals surface area contributed by atoms with E-state index in [0.717, 1.165) is 21.7 Å². The molecule has 0 unspecified atom stereocenters. The van der Waals surface area contributed by atoms with Crippen molar-refractivity contribution in [2.45, 2.75) is 25.4 Å². The molecule has 1 aromatic heterocycles. The first-order chi connectivity index (χ1) is 15.0. The first kappa shape index (κ1) is 20.9. The van der Waals surface area contributed by atoms with Gasteiger partial charge >= 0.3 is 0 Å². The molecule has 0 saturated carbocycles. The summed E-state index contributed by atoms with van der Waals surface area (Å²) in [5.41, 5.74) is 9.24. The van der Waals surface area contributed by atoms with Crippen molar-refractivity contribution in [3.05, 3.63) is 64.7 Å². The monoisotopic (exact) mass is 437 g/mol. The second-order valence-corrected chi connectivity index (χ2v) is 8.16. The van der Waals surface area contributed by atoms with Crippen LogP contribution in [0.2, 0.25) is 0 Å². The number of ether oxygens (including phenoxy) is 2. The largest absolute Gasteiger partial charge is 0.493 e. The maximum atomic E-state index is 13.1. The quantitative estimate of drug-likeness (QED) is 0.640. The van der Waals surface area contributed by atoms with E-state index in [2.05, 4.69) is 4.98 Å². The fourth-order valence-corrected chi connectivity index (χ4v) is 4.60. The summed E-state index contributed by atoms with van der Waals surface area (Å²) < 4.78 is 10.6. The van der Waals surface area contributed by atoms with E-state index in [9.17, 15) is 9.59 Å². The molecule has 0 fully saturated rings. The summed E-state index contributed by atoms with van der Waals surface area (Å²) in [5, 5.41) is 2.64. The molecule has 0 saturated heterocycles. The molecule has 0 spiro atoms. The number of carbonyl (C=O) groups is 2. The molecule has 7 nitrogen and oxygen atoms in total. The Morgan fingerprint density at radius 3 is 2.58 bits per heavy atom. The number of fused-ring (bicyclic) bond motifs is 1.